The zero-order chi connectivity index (χ0) is 18.3. The summed E-state index contributed by atoms with van der Waals surface area (Å²) in [5.74, 6) is 0.686. The molecule has 2 aromatic carbocycles. The number of amides is 1. The Labute approximate surface area is 148 Å². The predicted octanol–water partition coefficient (Wildman–Crippen LogP) is 3.16. The van der Waals surface area contributed by atoms with E-state index in [1.807, 2.05) is 31.2 Å². The Balaban J connectivity index is 1.73. The summed E-state index contributed by atoms with van der Waals surface area (Å²) < 4.78 is 30.2. The lowest BCUT2D eigenvalue weighted by atomic mass is 10.2. The Morgan fingerprint density at radius 1 is 1.08 bits per heavy atom. The Morgan fingerprint density at radius 3 is 2.40 bits per heavy atom. The number of carbonyl (C=O) groups excluding carboxylic acids is 1. The maximum Gasteiger partial charge on any atom is 0.229 e. The zero-order valence-corrected chi connectivity index (χ0v) is 15.1. The van der Waals surface area contributed by atoms with Crippen molar-refractivity contribution >= 4 is 27.3 Å². The van der Waals surface area contributed by atoms with Crippen LogP contribution in [0.2, 0.25) is 0 Å². The molecule has 1 amide bonds. The monoisotopic (exact) mass is 362 g/mol. The van der Waals surface area contributed by atoms with Crippen LogP contribution < -0.4 is 14.8 Å². The van der Waals surface area contributed by atoms with Crippen molar-refractivity contribution in [1.29, 1.82) is 0 Å². The van der Waals surface area contributed by atoms with Gasteiger partial charge in [-0.2, -0.15) is 0 Å². The molecule has 0 saturated carbocycles. The topological polar surface area (TPSA) is 84.5 Å². The van der Waals surface area contributed by atoms with Gasteiger partial charge in [0.05, 0.1) is 12.9 Å². The van der Waals surface area contributed by atoms with Gasteiger partial charge in [-0.05, 0) is 55.3 Å². The molecule has 25 heavy (non-hydrogen) atoms. The number of carbonyl (C=O) groups is 1. The lowest BCUT2D eigenvalue weighted by Crippen LogP contribution is -2.13. The first-order valence-corrected chi connectivity index (χ1v) is 9.78. The van der Waals surface area contributed by atoms with Crippen molar-refractivity contribution in [3.63, 3.8) is 0 Å². The van der Waals surface area contributed by atoms with E-state index in [1.54, 1.807) is 24.3 Å². The van der Waals surface area contributed by atoms with E-state index in [1.165, 1.54) is 0 Å². The maximum atomic E-state index is 11.9. The minimum Gasteiger partial charge on any atom is -0.494 e. The van der Waals surface area contributed by atoms with Gasteiger partial charge in [0.15, 0.2) is 0 Å². The highest BCUT2D eigenvalue weighted by atomic mass is 32.2. The number of nitrogens with one attached hydrogen (secondary N) is 2. The summed E-state index contributed by atoms with van der Waals surface area (Å²) >= 11 is 0. The second-order valence-electron chi connectivity index (χ2n) is 5.77. The van der Waals surface area contributed by atoms with Gasteiger partial charge < -0.3 is 10.1 Å². The summed E-state index contributed by atoms with van der Waals surface area (Å²) in [5.41, 5.74) is 2.19. The summed E-state index contributed by atoms with van der Waals surface area (Å²) in [6.07, 6.45) is 2.03. The fourth-order valence-corrected chi connectivity index (χ4v) is 2.75. The van der Waals surface area contributed by atoms with Crippen molar-refractivity contribution in [2.75, 3.05) is 22.9 Å². The number of aryl methyl sites for hydroxylation is 1. The largest absolute Gasteiger partial charge is 0.494 e. The number of sulfonamides is 1. The van der Waals surface area contributed by atoms with Gasteiger partial charge in [0.2, 0.25) is 15.9 Å². The van der Waals surface area contributed by atoms with Gasteiger partial charge in [-0.25, -0.2) is 8.42 Å². The predicted molar refractivity (Wildman–Crippen MR) is 99.4 cm³/mol. The van der Waals surface area contributed by atoms with E-state index in [-0.39, 0.29) is 5.91 Å². The first-order valence-electron chi connectivity index (χ1n) is 7.89. The van der Waals surface area contributed by atoms with Crippen LogP contribution in [-0.2, 0) is 14.8 Å². The molecule has 0 aliphatic heterocycles. The molecule has 0 heterocycles. The van der Waals surface area contributed by atoms with Crippen LogP contribution in [0.1, 0.15) is 18.4 Å². The van der Waals surface area contributed by atoms with Crippen LogP contribution in [0, 0.1) is 6.92 Å². The van der Waals surface area contributed by atoms with Crippen molar-refractivity contribution in [3.8, 4) is 5.75 Å². The molecule has 2 N–H and O–H groups in total. The number of rotatable bonds is 8. The van der Waals surface area contributed by atoms with Gasteiger partial charge in [-0.15, -0.1) is 0 Å². The standard InChI is InChI=1S/C18H22N2O4S/c1-14-5-3-6-17(13-14)24-12-4-7-18(21)19-15-8-10-16(11-9-15)20-25(2,22)23/h3,5-6,8-11,13,20H,4,7,12H2,1-2H3,(H,19,21). The van der Waals surface area contributed by atoms with E-state index in [9.17, 15) is 13.2 Å². The van der Waals surface area contributed by atoms with Crippen LogP contribution >= 0.6 is 0 Å². The third-order valence-electron chi connectivity index (χ3n) is 3.28. The van der Waals surface area contributed by atoms with E-state index >= 15 is 0 Å². The molecule has 7 heteroatoms. The van der Waals surface area contributed by atoms with Gasteiger partial charge in [0, 0.05) is 17.8 Å². The van der Waals surface area contributed by atoms with Crippen molar-refractivity contribution in [3.05, 3.63) is 54.1 Å². The van der Waals surface area contributed by atoms with Crippen molar-refractivity contribution in [2.24, 2.45) is 0 Å². The molecule has 134 valence electrons. The normalized spacial score (nSPS) is 11.0. The number of hydrogen-bond donors (Lipinski definition) is 2. The highest BCUT2D eigenvalue weighted by Gasteiger charge is 2.05. The SMILES string of the molecule is Cc1cccc(OCCCC(=O)Nc2ccc(NS(C)(=O)=O)cc2)c1. The van der Waals surface area contributed by atoms with Gasteiger partial charge in [-0.1, -0.05) is 12.1 Å². The molecule has 0 saturated heterocycles. The average molecular weight is 362 g/mol. The van der Waals surface area contributed by atoms with Crippen LogP contribution in [0.4, 0.5) is 11.4 Å². The van der Waals surface area contributed by atoms with Gasteiger partial charge in [0.1, 0.15) is 5.75 Å². The Hall–Kier alpha value is -2.54. The summed E-state index contributed by atoms with van der Waals surface area (Å²) in [6, 6.07) is 14.3. The maximum absolute atomic E-state index is 11.9. The Morgan fingerprint density at radius 2 is 1.76 bits per heavy atom. The molecule has 2 aromatic rings. The third-order valence-corrected chi connectivity index (χ3v) is 3.88. The number of anilines is 2. The first-order chi connectivity index (χ1) is 11.8. The molecule has 0 aliphatic rings. The summed E-state index contributed by atoms with van der Waals surface area (Å²) in [4.78, 5) is 11.9. The molecular weight excluding hydrogens is 340 g/mol. The minimum atomic E-state index is -3.30. The smallest absolute Gasteiger partial charge is 0.229 e. The molecule has 0 radical (unpaired) electrons. The molecular formula is C18H22N2O4S. The Kier molecular flexibility index (Phi) is 6.41. The van der Waals surface area contributed by atoms with Crippen molar-refractivity contribution in [2.45, 2.75) is 19.8 Å². The lowest BCUT2D eigenvalue weighted by Gasteiger charge is -2.08. The van der Waals surface area contributed by atoms with E-state index < -0.39 is 10.0 Å². The van der Waals surface area contributed by atoms with Crippen LogP contribution in [0.3, 0.4) is 0 Å². The second-order valence-corrected chi connectivity index (χ2v) is 7.52. The summed E-state index contributed by atoms with van der Waals surface area (Å²) in [7, 11) is -3.30. The van der Waals surface area contributed by atoms with Gasteiger partial charge >= 0.3 is 0 Å². The van der Waals surface area contributed by atoms with E-state index in [4.69, 9.17) is 4.74 Å². The molecule has 2 rings (SSSR count). The second kappa shape index (κ2) is 8.53. The van der Waals surface area contributed by atoms with Crippen LogP contribution in [0.5, 0.6) is 5.75 Å². The van der Waals surface area contributed by atoms with Crippen molar-refractivity contribution in [1.82, 2.24) is 0 Å². The summed E-state index contributed by atoms with van der Waals surface area (Å²) in [6.45, 7) is 2.46. The van der Waals surface area contributed by atoms with E-state index in [0.717, 1.165) is 17.6 Å². The third kappa shape index (κ3) is 7.26. The summed E-state index contributed by atoms with van der Waals surface area (Å²) in [5, 5.41) is 2.77. The molecule has 0 spiro atoms. The van der Waals surface area contributed by atoms with E-state index in [2.05, 4.69) is 10.0 Å². The first kappa shape index (κ1) is 18.8. The fraction of sp³-hybridized carbons (Fsp3) is 0.278. The van der Waals surface area contributed by atoms with Crippen molar-refractivity contribution < 1.29 is 17.9 Å². The number of ether oxygens (including phenoxy) is 1. The molecule has 0 fully saturated rings. The van der Waals surface area contributed by atoms with Gasteiger partial charge in [0.25, 0.3) is 0 Å². The Bertz CT molecular complexity index is 817. The molecule has 0 atom stereocenters. The number of hydrogen-bond acceptors (Lipinski definition) is 4. The van der Waals surface area contributed by atoms with E-state index in [0.29, 0.717) is 30.8 Å². The average Bonchev–Trinajstić information content (AvgIpc) is 2.52. The lowest BCUT2D eigenvalue weighted by molar-refractivity contribution is -0.116. The molecule has 6 nitrogen and oxygen atoms in total. The molecule has 0 aromatic heterocycles. The quantitative estimate of drug-likeness (QED) is 0.707. The highest BCUT2D eigenvalue weighted by molar-refractivity contribution is 7.92. The van der Waals surface area contributed by atoms with Crippen LogP contribution in [-0.4, -0.2) is 27.2 Å². The minimum absolute atomic E-state index is 0.114. The van der Waals surface area contributed by atoms with Gasteiger partial charge in [-0.3, -0.25) is 9.52 Å². The highest BCUT2D eigenvalue weighted by Crippen LogP contribution is 2.15. The zero-order valence-electron chi connectivity index (χ0n) is 14.3. The fourth-order valence-electron chi connectivity index (χ4n) is 2.19. The number of benzene rings is 2. The molecule has 0 aliphatic carbocycles. The molecule has 0 unspecified atom stereocenters. The van der Waals surface area contributed by atoms with Crippen LogP contribution in [0.25, 0.3) is 0 Å². The molecule has 0 bridgehead atoms. The van der Waals surface area contributed by atoms with Crippen LogP contribution in [0.15, 0.2) is 48.5 Å².